The van der Waals surface area contributed by atoms with Crippen LogP contribution in [-0.4, -0.2) is 26.6 Å². The van der Waals surface area contributed by atoms with Crippen LogP contribution in [0.5, 0.6) is 5.75 Å². The minimum Gasteiger partial charge on any atom is -0.497 e. The van der Waals surface area contributed by atoms with E-state index in [4.69, 9.17) is 9.72 Å². The molecular weight excluding hydrogens is 419 g/mol. The van der Waals surface area contributed by atoms with Crippen molar-refractivity contribution in [2.24, 2.45) is 0 Å². The largest absolute Gasteiger partial charge is 0.497 e. The van der Waals surface area contributed by atoms with Crippen LogP contribution in [0.1, 0.15) is 31.0 Å². The number of methoxy groups -OCH3 is 1. The highest BCUT2D eigenvalue weighted by Gasteiger charge is 2.30. The van der Waals surface area contributed by atoms with E-state index in [1.54, 1.807) is 19.5 Å². The van der Waals surface area contributed by atoms with Gasteiger partial charge in [0, 0.05) is 18.2 Å². The molecule has 2 aromatic carbocycles. The van der Waals surface area contributed by atoms with Gasteiger partial charge in [-0.3, -0.25) is 0 Å². The molecule has 0 spiro atoms. The second-order valence-electron chi connectivity index (χ2n) is 7.59. The van der Waals surface area contributed by atoms with Gasteiger partial charge in [0.15, 0.2) is 17.3 Å². The van der Waals surface area contributed by atoms with Gasteiger partial charge in [-0.25, -0.2) is 15.0 Å². The minimum absolute atomic E-state index is 0.120. The molecule has 0 bridgehead atoms. The number of hydrogen-bond donors (Lipinski definition) is 1. The third kappa shape index (κ3) is 4.37. The Morgan fingerprint density at radius 3 is 2.47 bits per heavy atom. The van der Waals surface area contributed by atoms with Crippen LogP contribution < -0.4 is 10.1 Å². The molecule has 2 heterocycles. The Morgan fingerprint density at radius 2 is 1.81 bits per heavy atom. The van der Waals surface area contributed by atoms with Gasteiger partial charge in [-0.1, -0.05) is 12.1 Å². The zero-order chi connectivity index (χ0) is 22.9. The number of nitrogens with zero attached hydrogens (tertiary/aromatic N) is 4. The number of imidazole rings is 1. The third-order valence-corrected chi connectivity index (χ3v) is 5.04. The second kappa shape index (κ2) is 8.49. The number of nitrogens with one attached hydrogen (secondary N) is 1. The van der Waals surface area contributed by atoms with Crippen molar-refractivity contribution in [3.05, 3.63) is 66.0 Å². The first kappa shape index (κ1) is 21.6. The fourth-order valence-corrected chi connectivity index (χ4v) is 3.33. The van der Waals surface area contributed by atoms with Gasteiger partial charge in [0.25, 0.3) is 0 Å². The van der Waals surface area contributed by atoms with Crippen LogP contribution in [0.3, 0.4) is 0 Å². The lowest BCUT2D eigenvalue weighted by molar-refractivity contribution is -0.137. The maximum Gasteiger partial charge on any atom is 0.416 e. The molecule has 6 nitrogen and oxygen atoms in total. The van der Waals surface area contributed by atoms with E-state index in [9.17, 15) is 13.2 Å². The molecule has 0 saturated heterocycles. The van der Waals surface area contributed by atoms with Crippen molar-refractivity contribution in [3.63, 3.8) is 0 Å². The fourth-order valence-electron chi connectivity index (χ4n) is 3.33. The number of halogens is 3. The number of rotatable bonds is 6. The van der Waals surface area contributed by atoms with Crippen molar-refractivity contribution in [1.29, 1.82) is 0 Å². The van der Waals surface area contributed by atoms with Gasteiger partial charge in [-0.2, -0.15) is 13.2 Å². The average molecular weight is 441 g/mol. The van der Waals surface area contributed by atoms with Gasteiger partial charge in [0.1, 0.15) is 11.3 Å². The summed E-state index contributed by atoms with van der Waals surface area (Å²) >= 11 is 0. The van der Waals surface area contributed by atoms with Crippen LogP contribution in [0.15, 0.2) is 54.9 Å². The Labute approximate surface area is 183 Å². The lowest BCUT2D eigenvalue weighted by Gasteiger charge is -2.12. The Bertz CT molecular complexity index is 1230. The number of hydrogen-bond acceptors (Lipinski definition) is 5. The SMILES string of the molecule is COc1ccc(-c2nc(NCc3cccc(C(F)(F)F)c3)c3ncn(C(C)C)c3n2)cc1. The van der Waals surface area contributed by atoms with Crippen molar-refractivity contribution in [3.8, 4) is 17.1 Å². The quantitative estimate of drug-likeness (QED) is 0.415. The van der Waals surface area contributed by atoms with Gasteiger partial charge < -0.3 is 14.6 Å². The number of ether oxygens (including phenoxy) is 1. The zero-order valence-electron chi connectivity index (χ0n) is 17.8. The highest BCUT2D eigenvalue weighted by Crippen LogP contribution is 2.30. The third-order valence-electron chi connectivity index (χ3n) is 5.04. The summed E-state index contributed by atoms with van der Waals surface area (Å²) in [6, 6.07) is 12.7. The molecule has 166 valence electrons. The molecule has 0 saturated carbocycles. The number of fused-ring (bicyclic) bond motifs is 1. The van der Waals surface area contributed by atoms with Crippen LogP contribution in [-0.2, 0) is 12.7 Å². The Kier molecular flexibility index (Phi) is 5.73. The van der Waals surface area contributed by atoms with E-state index in [0.717, 1.165) is 17.7 Å². The normalized spacial score (nSPS) is 11.8. The monoisotopic (exact) mass is 441 g/mol. The first-order valence-corrected chi connectivity index (χ1v) is 10.1. The van der Waals surface area contributed by atoms with Gasteiger partial charge in [0.05, 0.1) is 19.0 Å². The predicted molar refractivity (Wildman–Crippen MR) is 116 cm³/mol. The summed E-state index contributed by atoms with van der Waals surface area (Å²) in [5, 5.41) is 3.15. The zero-order valence-corrected chi connectivity index (χ0v) is 17.8. The molecule has 0 unspecified atom stereocenters. The predicted octanol–water partition coefficient (Wildman–Crippen LogP) is 5.71. The summed E-state index contributed by atoms with van der Waals surface area (Å²) in [6.07, 6.45) is -2.70. The molecule has 0 amide bonds. The Morgan fingerprint density at radius 1 is 1.06 bits per heavy atom. The van der Waals surface area contributed by atoms with Gasteiger partial charge in [0.2, 0.25) is 0 Å². The molecular formula is C23H22F3N5O. The second-order valence-corrected chi connectivity index (χ2v) is 7.59. The fraction of sp³-hybridized carbons (Fsp3) is 0.261. The standard InChI is InChI=1S/C23H22F3N5O/c1-14(2)31-13-28-19-21(27-12-15-5-4-6-17(11-15)23(24,25)26)29-20(30-22(19)31)16-7-9-18(32-3)10-8-16/h4-11,13-14H,12H2,1-3H3,(H,27,29,30). The summed E-state index contributed by atoms with van der Waals surface area (Å²) in [5.41, 5.74) is 1.79. The summed E-state index contributed by atoms with van der Waals surface area (Å²) in [4.78, 5) is 13.8. The molecule has 0 radical (unpaired) electrons. The van der Waals surface area contributed by atoms with Crippen LogP contribution >= 0.6 is 0 Å². The topological polar surface area (TPSA) is 64.9 Å². The number of alkyl halides is 3. The Hall–Kier alpha value is -3.62. The molecule has 0 atom stereocenters. The molecule has 9 heteroatoms. The van der Waals surface area contributed by atoms with Gasteiger partial charge in [-0.05, 0) is 55.8 Å². The van der Waals surface area contributed by atoms with Crippen molar-refractivity contribution in [1.82, 2.24) is 19.5 Å². The van der Waals surface area contributed by atoms with Crippen LogP contribution in [0, 0.1) is 0 Å². The molecule has 2 aromatic heterocycles. The number of aromatic nitrogens is 4. The van der Waals surface area contributed by atoms with Crippen LogP contribution in [0.4, 0.5) is 19.0 Å². The molecule has 4 rings (SSSR count). The minimum atomic E-state index is -4.39. The van der Waals surface area contributed by atoms with E-state index in [1.165, 1.54) is 6.07 Å². The van der Waals surface area contributed by atoms with Crippen molar-refractivity contribution < 1.29 is 17.9 Å². The number of anilines is 1. The van der Waals surface area contributed by atoms with Gasteiger partial charge in [-0.15, -0.1) is 0 Å². The van der Waals surface area contributed by atoms with E-state index >= 15 is 0 Å². The molecule has 0 aliphatic rings. The maximum absolute atomic E-state index is 13.0. The highest BCUT2D eigenvalue weighted by molar-refractivity contribution is 5.85. The first-order chi connectivity index (χ1) is 15.3. The van der Waals surface area contributed by atoms with Crippen molar-refractivity contribution in [2.45, 2.75) is 32.6 Å². The summed E-state index contributed by atoms with van der Waals surface area (Å²) in [7, 11) is 1.59. The lowest BCUT2D eigenvalue weighted by Crippen LogP contribution is -2.08. The van der Waals surface area contributed by atoms with Crippen LogP contribution in [0.2, 0.25) is 0 Å². The average Bonchev–Trinajstić information content (AvgIpc) is 3.21. The molecule has 1 N–H and O–H groups in total. The lowest BCUT2D eigenvalue weighted by atomic mass is 10.1. The van der Waals surface area contributed by atoms with Crippen molar-refractivity contribution >= 4 is 17.0 Å². The van der Waals surface area contributed by atoms with Gasteiger partial charge >= 0.3 is 6.18 Å². The molecule has 4 aromatic rings. The van der Waals surface area contributed by atoms with E-state index in [-0.39, 0.29) is 12.6 Å². The first-order valence-electron chi connectivity index (χ1n) is 10.1. The maximum atomic E-state index is 13.0. The van der Waals surface area contributed by atoms with E-state index in [2.05, 4.69) is 15.3 Å². The Balaban J connectivity index is 1.73. The van der Waals surface area contributed by atoms with E-state index in [1.807, 2.05) is 42.7 Å². The summed E-state index contributed by atoms with van der Waals surface area (Å²) in [6.45, 7) is 4.20. The highest BCUT2D eigenvalue weighted by atomic mass is 19.4. The number of benzene rings is 2. The summed E-state index contributed by atoms with van der Waals surface area (Å²) < 4.78 is 46.3. The smallest absolute Gasteiger partial charge is 0.416 e. The summed E-state index contributed by atoms with van der Waals surface area (Å²) in [5.74, 6) is 1.65. The molecule has 0 aliphatic heterocycles. The van der Waals surface area contributed by atoms with E-state index in [0.29, 0.717) is 34.1 Å². The van der Waals surface area contributed by atoms with Crippen molar-refractivity contribution in [2.75, 3.05) is 12.4 Å². The van der Waals surface area contributed by atoms with E-state index < -0.39 is 11.7 Å². The molecule has 0 fully saturated rings. The molecule has 0 aliphatic carbocycles. The van der Waals surface area contributed by atoms with Crippen LogP contribution in [0.25, 0.3) is 22.6 Å². The molecule has 32 heavy (non-hydrogen) atoms.